The molecular formula is C19H26N2O2. The molecule has 0 aliphatic carbocycles. The summed E-state index contributed by atoms with van der Waals surface area (Å²) in [5.41, 5.74) is 1.24. The molecule has 1 aliphatic rings. The van der Waals surface area contributed by atoms with E-state index >= 15 is 0 Å². The van der Waals surface area contributed by atoms with Gasteiger partial charge in [0.1, 0.15) is 11.6 Å². The first-order chi connectivity index (χ1) is 11.1. The minimum atomic E-state index is -0.0491. The lowest BCUT2D eigenvalue weighted by Gasteiger charge is -2.35. The largest absolute Gasteiger partial charge is 0.497 e. The number of nitrogens with zero attached hydrogens (tertiary/aromatic N) is 2. The van der Waals surface area contributed by atoms with Gasteiger partial charge in [-0.15, -0.1) is 0 Å². The van der Waals surface area contributed by atoms with Crippen molar-refractivity contribution in [3.63, 3.8) is 0 Å². The Morgan fingerprint density at radius 2 is 2.26 bits per heavy atom. The fourth-order valence-electron chi connectivity index (χ4n) is 3.40. The van der Waals surface area contributed by atoms with Gasteiger partial charge in [-0.1, -0.05) is 12.1 Å². The maximum Gasteiger partial charge on any atom is 0.119 e. The van der Waals surface area contributed by atoms with Crippen molar-refractivity contribution < 1.29 is 9.47 Å². The second-order valence-corrected chi connectivity index (χ2v) is 6.88. The maximum absolute atomic E-state index is 5.84. The highest BCUT2D eigenvalue weighted by Crippen LogP contribution is 2.34. The minimum Gasteiger partial charge on any atom is -0.497 e. The van der Waals surface area contributed by atoms with Crippen LogP contribution in [-0.2, 0) is 17.7 Å². The van der Waals surface area contributed by atoms with Crippen LogP contribution in [0.4, 0.5) is 0 Å². The Morgan fingerprint density at radius 3 is 3.04 bits per heavy atom. The molecule has 1 aromatic heterocycles. The molecule has 0 radical (unpaired) electrons. The van der Waals surface area contributed by atoms with Gasteiger partial charge in [0.25, 0.3) is 0 Å². The van der Waals surface area contributed by atoms with E-state index in [2.05, 4.69) is 41.7 Å². The van der Waals surface area contributed by atoms with Crippen LogP contribution in [0.2, 0.25) is 0 Å². The SMILES string of the molecule is COc1cccc(CCn2ccnc2[C@@H]2CCOC(C)(C)C2)c1. The zero-order chi connectivity index (χ0) is 16.3. The number of benzene rings is 1. The second kappa shape index (κ2) is 6.75. The smallest absolute Gasteiger partial charge is 0.119 e. The fourth-order valence-corrected chi connectivity index (χ4v) is 3.40. The van der Waals surface area contributed by atoms with Crippen LogP contribution in [0.15, 0.2) is 36.7 Å². The molecule has 3 rings (SSSR count). The molecule has 4 heteroatoms. The molecule has 4 nitrogen and oxygen atoms in total. The highest BCUT2D eigenvalue weighted by molar-refractivity contribution is 5.28. The van der Waals surface area contributed by atoms with Crippen molar-refractivity contribution in [2.75, 3.05) is 13.7 Å². The summed E-state index contributed by atoms with van der Waals surface area (Å²) in [4.78, 5) is 4.63. The van der Waals surface area contributed by atoms with Crippen molar-refractivity contribution in [3.8, 4) is 5.75 Å². The summed E-state index contributed by atoms with van der Waals surface area (Å²) >= 11 is 0. The van der Waals surface area contributed by atoms with Crippen LogP contribution < -0.4 is 4.74 Å². The standard InChI is InChI=1S/C19H26N2O2/c1-19(2)14-16(8-12-23-19)18-20-9-11-21(18)10-7-15-5-4-6-17(13-15)22-3/h4-6,9,11,13,16H,7-8,10,12,14H2,1-3H3/t16-/m1/s1. The predicted octanol–water partition coefficient (Wildman–Crippen LogP) is 3.81. The minimum absolute atomic E-state index is 0.0491. The number of ether oxygens (including phenoxy) is 2. The lowest BCUT2D eigenvalue weighted by atomic mass is 9.88. The molecule has 0 unspecified atom stereocenters. The Morgan fingerprint density at radius 1 is 1.39 bits per heavy atom. The van der Waals surface area contributed by atoms with Crippen molar-refractivity contribution in [2.24, 2.45) is 0 Å². The van der Waals surface area contributed by atoms with Gasteiger partial charge in [0, 0.05) is 31.5 Å². The summed E-state index contributed by atoms with van der Waals surface area (Å²) in [7, 11) is 1.71. The van der Waals surface area contributed by atoms with Crippen molar-refractivity contribution in [2.45, 2.75) is 51.2 Å². The predicted molar refractivity (Wildman–Crippen MR) is 90.9 cm³/mol. The van der Waals surface area contributed by atoms with E-state index in [0.717, 1.165) is 38.2 Å². The third-order valence-electron chi connectivity index (χ3n) is 4.59. The van der Waals surface area contributed by atoms with Crippen LogP contribution in [-0.4, -0.2) is 28.9 Å². The molecule has 124 valence electrons. The number of hydrogen-bond donors (Lipinski definition) is 0. The molecule has 0 N–H and O–H groups in total. The molecule has 1 fully saturated rings. The van der Waals surface area contributed by atoms with Crippen molar-refractivity contribution in [1.82, 2.24) is 9.55 Å². The molecule has 0 bridgehead atoms. The Balaban J connectivity index is 1.68. The van der Waals surface area contributed by atoms with Crippen LogP contribution in [0.1, 0.15) is 44.0 Å². The quantitative estimate of drug-likeness (QED) is 0.842. The number of rotatable bonds is 5. The van der Waals surface area contributed by atoms with E-state index in [1.807, 2.05) is 18.3 Å². The van der Waals surface area contributed by atoms with E-state index in [1.165, 1.54) is 11.4 Å². The molecule has 1 atom stereocenters. The maximum atomic E-state index is 5.84. The molecule has 0 saturated carbocycles. The Hall–Kier alpha value is -1.81. The van der Waals surface area contributed by atoms with E-state index < -0.39 is 0 Å². The molecule has 0 spiro atoms. The van der Waals surface area contributed by atoms with Gasteiger partial charge < -0.3 is 14.0 Å². The average Bonchev–Trinajstić information content (AvgIpc) is 3.01. The lowest BCUT2D eigenvalue weighted by molar-refractivity contribution is -0.0606. The monoisotopic (exact) mass is 314 g/mol. The number of aromatic nitrogens is 2. The Labute approximate surface area is 138 Å². The molecule has 23 heavy (non-hydrogen) atoms. The summed E-state index contributed by atoms with van der Waals surface area (Å²) < 4.78 is 13.4. The highest BCUT2D eigenvalue weighted by Gasteiger charge is 2.31. The number of hydrogen-bond acceptors (Lipinski definition) is 3. The van der Waals surface area contributed by atoms with Gasteiger partial charge in [-0.25, -0.2) is 4.98 Å². The molecule has 0 amide bonds. The summed E-state index contributed by atoms with van der Waals surface area (Å²) in [6, 6.07) is 8.28. The van der Waals surface area contributed by atoms with Crippen molar-refractivity contribution >= 4 is 0 Å². The highest BCUT2D eigenvalue weighted by atomic mass is 16.5. The van der Waals surface area contributed by atoms with Gasteiger partial charge in [0.2, 0.25) is 0 Å². The molecule has 1 aromatic carbocycles. The molecule has 2 heterocycles. The van der Waals surface area contributed by atoms with Gasteiger partial charge >= 0.3 is 0 Å². The third kappa shape index (κ3) is 3.94. The third-order valence-corrected chi connectivity index (χ3v) is 4.59. The molecule has 1 saturated heterocycles. The Kier molecular flexibility index (Phi) is 4.71. The van der Waals surface area contributed by atoms with Gasteiger partial charge in [0.15, 0.2) is 0 Å². The second-order valence-electron chi connectivity index (χ2n) is 6.88. The summed E-state index contributed by atoms with van der Waals surface area (Å²) in [5, 5.41) is 0. The van der Waals surface area contributed by atoms with Gasteiger partial charge in [0.05, 0.1) is 12.7 Å². The van der Waals surface area contributed by atoms with E-state index in [0.29, 0.717) is 5.92 Å². The van der Waals surface area contributed by atoms with Crippen molar-refractivity contribution in [3.05, 3.63) is 48.0 Å². The zero-order valence-corrected chi connectivity index (χ0v) is 14.3. The summed E-state index contributed by atoms with van der Waals surface area (Å²) in [6.45, 7) is 6.10. The van der Waals surface area contributed by atoms with Crippen LogP contribution in [0, 0.1) is 0 Å². The van der Waals surface area contributed by atoms with Gasteiger partial charge in [-0.2, -0.15) is 0 Å². The molecule has 1 aliphatic heterocycles. The zero-order valence-electron chi connectivity index (χ0n) is 14.3. The van der Waals surface area contributed by atoms with Crippen LogP contribution >= 0.6 is 0 Å². The average molecular weight is 314 g/mol. The van der Waals surface area contributed by atoms with Crippen LogP contribution in [0.3, 0.4) is 0 Å². The number of methoxy groups -OCH3 is 1. The first kappa shape index (κ1) is 16.1. The lowest BCUT2D eigenvalue weighted by Crippen LogP contribution is -2.34. The number of imidazole rings is 1. The van der Waals surface area contributed by atoms with Gasteiger partial charge in [-0.05, 0) is 50.8 Å². The summed E-state index contributed by atoms with van der Waals surface area (Å²) in [5.74, 6) is 2.60. The van der Waals surface area contributed by atoms with Crippen molar-refractivity contribution in [1.29, 1.82) is 0 Å². The molecular weight excluding hydrogens is 288 g/mol. The first-order valence-corrected chi connectivity index (χ1v) is 8.35. The van der Waals surface area contributed by atoms with Crippen LogP contribution in [0.25, 0.3) is 0 Å². The summed E-state index contributed by atoms with van der Waals surface area (Å²) in [6.07, 6.45) is 7.08. The normalized spacial score (nSPS) is 20.4. The molecule has 2 aromatic rings. The van der Waals surface area contributed by atoms with Gasteiger partial charge in [-0.3, -0.25) is 0 Å². The number of aryl methyl sites for hydroxylation is 2. The van der Waals surface area contributed by atoms with E-state index in [4.69, 9.17) is 9.47 Å². The van der Waals surface area contributed by atoms with Crippen LogP contribution in [0.5, 0.6) is 5.75 Å². The fraction of sp³-hybridized carbons (Fsp3) is 0.526. The Bertz CT molecular complexity index is 648. The first-order valence-electron chi connectivity index (χ1n) is 8.35. The topological polar surface area (TPSA) is 36.3 Å². The van der Waals surface area contributed by atoms with E-state index in [-0.39, 0.29) is 5.60 Å². The van der Waals surface area contributed by atoms with E-state index in [1.54, 1.807) is 7.11 Å². The van der Waals surface area contributed by atoms with E-state index in [9.17, 15) is 0 Å².